The number of methoxy groups -OCH3 is 3. The number of hydrogen-bond acceptors (Lipinski definition) is 7. The van der Waals surface area contributed by atoms with Crippen LogP contribution in [0.4, 0.5) is 0 Å². The number of rotatable bonds is 6. The van der Waals surface area contributed by atoms with Crippen molar-refractivity contribution in [1.82, 2.24) is 4.31 Å². The summed E-state index contributed by atoms with van der Waals surface area (Å²) in [4.78, 5) is 13.2. The predicted octanol–water partition coefficient (Wildman–Crippen LogP) is 3.52. The summed E-state index contributed by atoms with van der Waals surface area (Å²) in [7, 11) is 0.580. The van der Waals surface area contributed by atoms with Gasteiger partial charge in [0.25, 0.3) is 0 Å². The van der Waals surface area contributed by atoms with Crippen molar-refractivity contribution in [3.8, 4) is 17.2 Å². The van der Waals surface area contributed by atoms with Crippen LogP contribution < -0.4 is 14.2 Å². The fourth-order valence-corrected chi connectivity index (χ4v) is 6.84. The second-order valence-electron chi connectivity index (χ2n) is 8.90. The Morgan fingerprint density at radius 1 is 0.971 bits per heavy atom. The number of carbonyl (C=O) groups is 1. The van der Waals surface area contributed by atoms with Crippen LogP contribution in [-0.4, -0.2) is 59.6 Å². The molecule has 0 radical (unpaired) electrons. The molecule has 4 rings (SSSR count). The van der Waals surface area contributed by atoms with Crippen LogP contribution in [0.5, 0.6) is 17.2 Å². The minimum atomic E-state index is -4.02. The Balaban J connectivity index is 1.97. The molecular formula is C25H31NO7S. The van der Waals surface area contributed by atoms with Crippen LogP contribution in [0.25, 0.3) is 0 Å². The van der Waals surface area contributed by atoms with Gasteiger partial charge in [0.1, 0.15) is 23.0 Å². The Kier molecular flexibility index (Phi) is 6.89. The van der Waals surface area contributed by atoms with Gasteiger partial charge in [-0.05, 0) is 31.9 Å². The van der Waals surface area contributed by atoms with Gasteiger partial charge in [-0.15, -0.1) is 0 Å². The predicted molar refractivity (Wildman–Crippen MR) is 126 cm³/mol. The van der Waals surface area contributed by atoms with Crippen LogP contribution in [-0.2, 0) is 19.6 Å². The molecule has 2 saturated heterocycles. The van der Waals surface area contributed by atoms with E-state index in [0.717, 1.165) is 5.56 Å². The molecule has 2 aromatic carbocycles. The van der Waals surface area contributed by atoms with E-state index in [1.165, 1.54) is 18.5 Å². The molecule has 34 heavy (non-hydrogen) atoms. The first kappa shape index (κ1) is 24.5. The molecule has 2 aliphatic rings. The molecule has 1 atom stereocenters. The van der Waals surface area contributed by atoms with Crippen LogP contribution in [0.3, 0.4) is 0 Å². The minimum Gasteiger partial charge on any atom is -0.496 e. The quantitative estimate of drug-likeness (QED) is 0.613. The van der Waals surface area contributed by atoms with E-state index in [0.29, 0.717) is 48.9 Å². The summed E-state index contributed by atoms with van der Waals surface area (Å²) in [5, 5.41) is 0. The van der Waals surface area contributed by atoms with Crippen molar-refractivity contribution in [1.29, 1.82) is 0 Å². The van der Waals surface area contributed by atoms with Gasteiger partial charge in [0.05, 0.1) is 44.4 Å². The largest absolute Gasteiger partial charge is 0.496 e. The molecular weight excluding hydrogens is 458 g/mol. The van der Waals surface area contributed by atoms with Gasteiger partial charge in [0.2, 0.25) is 10.0 Å². The first-order chi connectivity index (χ1) is 16.3. The van der Waals surface area contributed by atoms with Gasteiger partial charge < -0.3 is 18.9 Å². The Morgan fingerprint density at radius 3 is 2.09 bits per heavy atom. The molecule has 2 fully saturated rings. The van der Waals surface area contributed by atoms with Crippen molar-refractivity contribution in [2.45, 2.75) is 37.1 Å². The number of nitrogens with zero attached hydrogens (tertiary/aromatic N) is 1. The average molecular weight is 490 g/mol. The molecule has 8 nitrogen and oxygen atoms in total. The zero-order chi connectivity index (χ0) is 24.5. The highest BCUT2D eigenvalue weighted by Gasteiger charge is 2.54. The van der Waals surface area contributed by atoms with E-state index in [4.69, 9.17) is 18.9 Å². The van der Waals surface area contributed by atoms with Crippen LogP contribution >= 0.6 is 0 Å². The number of piperidine rings is 1. The van der Waals surface area contributed by atoms with Crippen LogP contribution in [0.1, 0.15) is 36.4 Å². The second-order valence-corrected chi connectivity index (χ2v) is 10.8. The number of aryl methyl sites for hydroxylation is 1. The highest BCUT2D eigenvalue weighted by Crippen LogP contribution is 2.56. The van der Waals surface area contributed by atoms with Crippen molar-refractivity contribution >= 4 is 15.8 Å². The lowest BCUT2D eigenvalue weighted by atomic mass is 9.66. The van der Waals surface area contributed by atoms with E-state index in [2.05, 4.69) is 0 Å². The highest BCUT2D eigenvalue weighted by molar-refractivity contribution is 7.89. The maximum absolute atomic E-state index is 14.0. The lowest BCUT2D eigenvalue weighted by Crippen LogP contribution is -2.54. The average Bonchev–Trinajstić information content (AvgIpc) is 2.83. The van der Waals surface area contributed by atoms with E-state index < -0.39 is 21.5 Å². The molecule has 0 amide bonds. The van der Waals surface area contributed by atoms with Crippen molar-refractivity contribution in [2.75, 3.05) is 41.1 Å². The summed E-state index contributed by atoms with van der Waals surface area (Å²) < 4.78 is 51.8. The molecule has 0 aromatic heterocycles. The maximum atomic E-state index is 14.0. The Hall–Kier alpha value is -2.62. The fraction of sp³-hybridized carbons (Fsp3) is 0.480. The normalized spacial score (nSPS) is 20.8. The SMILES string of the molecule is COc1cc(OC)c([C@H]2N(S(=O)(=O)c3ccc(C)cc3)CC(=O)CC23CCOCC3)c(OC)c1. The molecule has 0 bridgehead atoms. The number of ketones is 1. The molecule has 0 unspecified atom stereocenters. The standard InChI is InChI=1S/C25H31NO7S/c1-17-5-7-20(8-6-17)34(28,29)26-16-18(27)15-25(9-11-33-12-10-25)24(26)23-21(31-3)13-19(30-2)14-22(23)32-4/h5-8,13-14,24H,9-12,15-16H2,1-4H3/t24-/m1/s1. The molecule has 2 aromatic rings. The summed E-state index contributed by atoms with van der Waals surface area (Å²) in [6, 6.07) is 9.44. The smallest absolute Gasteiger partial charge is 0.244 e. The molecule has 2 aliphatic heterocycles. The first-order valence-electron chi connectivity index (χ1n) is 11.2. The molecule has 1 spiro atoms. The number of sulfonamides is 1. The Bertz CT molecular complexity index is 1130. The molecule has 0 aliphatic carbocycles. The van der Waals surface area contributed by atoms with Gasteiger partial charge in [-0.2, -0.15) is 4.31 Å². The third-order valence-corrected chi connectivity index (χ3v) is 8.72. The summed E-state index contributed by atoms with van der Waals surface area (Å²) >= 11 is 0. The zero-order valence-corrected chi connectivity index (χ0v) is 20.8. The first-order valence-corrected chi connectivity index (χ1v) is 12.7. The summed E-state index contributed by atoms with van der Waals surface area (Å²) in [6.07, 6.45) is 1.35. The second kappa shape index (κ2) is 9.56. The number of ether oxygens (including phenoxy) is 4. The summed E-state index contributed by atoms with van der Waals surface area (Å²) in [5.74, 6) is 1.31. The third-order valence-electron chi connectivity index (χ3n) is 6.89. The van der Waals surface area contributed by atoms with Crippen molar-refractivity contribution in [3.63, 3.8) is 0 Å². The number of benzene rings is 2. The maximum Gasteiger partial charge on any atom is 0.244 e. The van der Waals surface area contributed by atoms with Crippen molar-refractivity contribution in [2.24, 2.45) is 5.41 Å². The van der Waals surface area contributed by atoms with E-state index in [-0.39, 0.29) is 23.6 Å². The number of Topliss-reactive ketones (excluding diaryl/α,β-unsaturated/α-hetero) is 1. The number of carbonyl (C=O) groups excluding carboxylic acids is 1. The van der Waals surface area contributed by atoms with E-state index in [1.807, 2.05) is 6.92 Å². The molecule has 184 valence electrons. The topological polar surface area (TPSA) is 91.4 Å². The van der Waals surface area contributed by atoms with E-state index in [9.17, 15) is 13.2 Å². The lowest BCUT2D eigenvalue weighted by molar-refractivity contribution is -0.132. The third kappa shape index (κ3) is 4.28. The zero-order valence-electron chi connectivity index (χ0n) is 20.0. The van der Waals surface area contributed by atoms with Crippen LogP contribution in [0.15, 0.2) is 41.3 Å². The van der Waals surface area contributed by atoms with Crippen molar-refractivity contribution < 1.29 is 32.2 Å². The number of hydrogen-bond donors (Lipinski definition) is 0. The minimum absolute atomic E-state index is 0.111. The monoisotopic (exact) mass is 489 g/mol. The van der Waals surface area contributed by atoms with Gasteiger partial charge in [-0.3, -0.25) is 4.79 Å². The van der Waals surface area contributed by atoms with Crippen LogP contribution in [0, 0.1) is 12.3 Å². The van der Waals surface area contributed by atoms with E-state index in [1.54, 1.807) is 43.5 Å². The van der Waals surface area contributed by atoms with Gasteiger partial charge in [-0.25, -0.2) is 8.42 Å². The summed E-state index contributed by atoms with van der Waals surface area (Å²) in [6.45, 7) is 2.57. The van der Waals surface area contributed by atoms with Crippen LogP contribution in [0.2, 0.25) is 0 Å². The van der Waals surface area contributed by atoms with Gasteiger partial charge >= 0.3 is 0 Å². The van der Waals surface area contributed by atoms with Gasteiger partial charge in [-0.1, -0.05) is 17.7 Å². The fourth-order valence-electron chi connectivity index (χ4n) is 5.17. The Morgan fingerprint density at radius 2 is 1.56 bits per heavy atom. The van der Waals surface area contributed by atoms with E-state index >= 15 is 0 Å². The molecule has 0 saturated carbocycles. The van der Waals surface area contributed by atoms with Crippen molar-refractivity contribution in [3.05, 3.63) is 47.5 Å². The van der Waals surface area contributed by atoms with Gasteiger partial charge in [0, 0.05) is 37.2 Å². The Labute approximate surface area is 200 Å². The molecule has 9 heteroatoms. The van der Waals surface area contributed by atoms with Gasteiger partial charge in [0.15, 0.2) is 0 Å². The molecule has 2 heterocycles. The summed E-state index contributed by atoms with van der Waals surface area (Å²) in [5.41, 5.74) is 0.890. The highest BCUT2D eigenvalue weighted by atomic mass is 32.2. The molecule has 0 N–H and O–H groups in total. The lowest BCUT2D eigenvalue weighted by Gasteiger charge is -2.50.